The van der Waals surface area contributed by atoms with Gasteiger partial charge in [-0.25, -0.2) is 0 Å². The number of allylic oxidation sites excluding steroid dienone is 4. The van der Waals surface area contributed by atoms with Crippen molar-refractivity contribution < 1.29 is 4.92 Å². The van der Waals surface area contributed by atoms with Crippen molar-refractivity contribution in [3.05, 3.63) is 57.7 Å². The number of hydrogen-bond donors (Lipinski definition) is 0. The van der Waals surface area contributed by atoms with Crippen LogP contribution in [0, 0.1) is 22.0 Å². The van der Waals surface area contributed by atoms with Gasteiger partial charge < -0.3 is 4.90 Å². The molecule has 2 aliphatic carbocycles. The lowest BCUT2D eigenvalue weighted by atomic mass is 9.74. The fourth-order valence-corrected chi connectivity index (χ4v) is 5.02. The molecule has 0 radical (unpaired) electrons. The van der Waals surface area contributed by atoms with Gasteiger partial charge in [-0.1, -0.05) is 24.3 Å². The molecule has 4 atom stereocenters. The number of nitrogens with zero attached hydrogens (tertiary/aromatic N) is 2. The van der Waals surface area contributed by atoms with Gasteiger partial charge in [-0.2, -0.15) is 0 Å². The van der Waals surface area contributed by atoms with Crippen LogP contribution in [0.2, 0.25) is 0 Å². The summed E-state index contributed by atoms with van der Waals surface area (Å²) in [6.45, 7) is 2.09. The van der Waals surface area contributed by atoms with Gasteiger partial charge in [0.1, 0.15) is 0 Å². The van der Waals surface area contributed by atoms with E-state index in [9.17, 15) is 10.1 Å². The molecule has 0 amide bonds. The molecular formula is C18H18N2O2. The third-order valence-electron chi connectivity index (χ3n) is 5.92. The Balaban J connectivity index is 1.78. The number of fused-ring (bicyclic) bond motifs is 4. The molecule has 0 bridgehead atoms. The summed E-state index contributed by atoms with van der Waals surface area (Å²) in [4.78, 5) is 13.8. The fourth-order valence-electron chi connectivity index (χ4n) is 5.02. The zero-order valence-corrected chi connectivity index (χ0v) is 12.3. The molecule has 0 fully saturated rings. The van der Waals surface area contributed by atoms with Gasteiger partial charge in [-0.15, -0.1) is 0 Å². The Hall–Kier alpha value is -2.10. The number of nitro benzene ring substituents is 1. The number of anilines is 1. The Morgan fingerprint density at radius 2 is 1.73 bits per heavy atom. The second kappa shape index (κ2) is 4.22. The lowest BCUT2D eigenvalue weighted by molar-refractivity contribution is -0.385. The quantitative estimate of drug-likeness (QED) is 0.450. The van der Waals surface area contributed by atoms with Gasteiger partial charge in [0.2, 0.25) is 0 Å². The molecule has 112 valence electrons. The van der Waals surface area contributed by atoms with E-state index in [-0.39, 0.29) is 10.8 Å². The molecule has 22 heavy (non-hydrogen) atoms. The van der Waals surface area contributed by atoms with Crippen LogP contribution in [-0.4, -0.2) is 18.0 Å². The molecule has 0 saturated carbocycles. The van der Waals surface area contributed by atoms with E-state index in [0.29, 0.717) is 23.4 Å². The van der Waals surface area contributed by atoms with Gasteiger partial charge in [-0.3, -0.25) is 10.1 Å². The van der Waals surface area contributed by atoms with E-state index in [1.165, 1.54) is 11.3 Å². The van der Waals surface area contributed by atoms with E-state index in [1.807, 2.05) is 6.07 Å². The number of benzene rings is 1. The SMILES string of the molecule is O=[N+]([O-])c1ccc2c3c1[C@@H]1C=CC[C@@H]1CN3C[C@@H]1CC=C[C@@H]21. The smallest absolute Gasteiger partial charge is 0.275 e. The van der Waals surface area contributed by atoms with Crippen LogP contribution in [0.15, 0.2) is 36.4 Å². The maximum Gasteiger partial charge on any atom is 0.275 e. The Morgan fingerprint density at radius 1 is 1.05 bits per heavy atom. The monoisotopic (exact) mass is 294 g/mol. The summed E-state index contributed by atoms with van der Waals surface area (Å²) < 4.78 is 0. The molecule has 2 aliphatic heterocycles. The van der Waals surface area contributed by atoms with E-state index >= 15 is 0 Å². The van der Waals surface area contributed by atoms with Crippen molar-refractivity contribution in [2.45, 2.75) is 24.7 Å². The molecule has 0 unspecified atom stereocenters. The van der Waals surface area contributed by atoms with Crippen LogP contribution in [0.3, 0.4) is 0 Å². The summed E-state index contributed by atoms with van der Waals surface area (Å²) in [7, 11) is 0. The molecule has 0 spiro atoms. The molecule has 0 N–H and O–H groups in total. The Labute approximate surface area is 129 Å². The van der Waals surface area contributed by atoms with Crippen LogP contribution in [0.4, 0.5) is 11.4 Å². The zero-order chi connectivity index (χ0) is 14.8. The summed E-state index contributed by atoms with van der Waals surface area (Å²) in [6, 6.07) is 3.75. The molecule has 1 aromatic rings. The highest BCUT2D eigenvalue weighted by Gasteiger charge is 2.45. The Bertz CT molecular complexity index is 735. The topological polar surface area (TPSA) is 46.4 Å². The molecule has 2 heterocycles. The number of hydrogen-bond acceptors (Lipinski definition) is 3. The Morgan fingerprint density at radius 3 is 2.45 bits per heavy atom. The van der Waals surface area contributed by atoms with Crippen LogP contribution in [-0.2, 0) is 0 Å². The molecule has 0 saturated heterocycles. The fraction of sp³-hybridized carbons (Fsp3) is 0.444. The first-order chi connectivity index (χ1) is 10.7. The van der Waals surface area contributed by atoms with Crippen LogP contribution in [0.1, 0.15) is 35.8 Å². The first-order valence-corrected chi connectivity index (χ1v) is 8.13. The summed E-state index contributed by atoms with van der Waals surface area (Å²) >= 11 is 0. The van der Waals surface area contributed by atoms with Gasteiger partial charge in [0, 0.05) is 31.0 Å². The molecule has 1 aromatic carbocycles. The van der Waals surface area contributed by atoms with Crippen molar-refractivity contribution in [3.63, 3.8) is 0 Å². The molecule has 4 heteroatoms. The van der Waals surface area contributed by atoms with Gasteiger partial charge in [0.05, 0.1) is 16.2 Å². The summed E-state index contributed by atoms with van der Waals surface area (Å²) in [6.07, 6.45) is 11.2. The number of rotatable bonds is 1. The second-order valence-corrected chi connectivity index (χ2v) is 7.00. The maximum absolute atomic E-state index is 11.6. The van der Waals surface area contributed by atoms with E-state index in [2.05, 4.69) is 29.2 Å². The van der Waals surface area contributed by atoms with Gasteiger partial charge in [0.25, 0.3) is 5.69 Å². The summed E-state index contributed by atoms with van der Waals surface area (Å²) in [5, 5.41) is 11.6. The highest BCUT2D eigenvalue weighted by molar-refractivity contribution is 5.73. The average molecular weight is 294 g/mol. The lowest BCUT2D eigenvalue weighted by Gasteiger charge is -2.45. The van der Waals surface area contributed by atoms with Crippen molar-refractivity contribution in [3.8, 4) is 0 Å². The highest BCUT2D eigenvalue weighted by atomic mass is 16.6. The maximum atomic E-state index is 11.6. The van der Waals surface area contributed by atoms with Crippen LogP contribution >= 0.6 is 0 Å². The van der Waals surface area contributed by atoms with E-state index in [4.69, 9.17) is 0 Å². The van der Waals surface area contributed by atoms with Crippen molar-refractivity contribution in [1.29, 1.82) is 0 Å². The zero-order valence-electron chi connectivity index (χ0n) is 12.3. The minimum absolute atomic E-state index is 0.196. The van der Waals surface area contributed by atoms with Gasteiger partial charge in [0.15, 0.2) is 0 Å². The van der Waals surface area contributed by atoms with E-state index in [1.54, 1.807) is 6.07 Å². The molecule has 4 aliphatic rings. The van der Waals surface area contributed by atoms with E-state index in [0.717, 1.165) is 31.5 Å². The number of nitro groups is 1. The van der Waals surface area contributed by atoms with Gasteiger partial charge >= 0.3 is 0 Å². The lowest BCUT2D eigenvalue weighted by Crippen LogP contribution is -2.43. The van der Waals surface area contributed by atoms with Crippen molar-refractivity contribution in [2.24, 2.45) is 11.8 Å². The van der Waals surface area contributed by atoms with Crippen molar-refractivity contribution in [2.75, 3.05) is 18.0 Å². The minimum atomic E-state index is -0.196. The van der Waals surface area contributed by atoms with Crippen LogP contribution in [0.25, 0.3) is 0 Å². The van der Waals surface area contributed by atoms with Crippen molar-refractivity contribution in [1.82, 2.24) is 0 Å². The normalized spacial score (nSPS) is 33.5. The highest BCUT2D eigenvalue weighted by Crippen LogP contribution is 2.55. The third kappa shape index (κ3) is 1.47. The molecule has 5 rings (SSSR count). The standard InChI is InChI=1S/C18H18N2O2/c21-20(22)16-8-7-15-13-5-1-3-11(13)9-19-10-12-4-2-6-14(12)17(16)18(15)19/h1-2,5-8,11-14H,3-4,9-10H2/t11-,12+,13+,14+/m0/s1. The van der Waals surface area contributed by atoms with E-state index < -0.39 is 0 Å². The molecule has 4 nitrogen and oxygen atoms in total. The first-order valence-electron chi connectivity index (χ1n) is 8.13. The predicted molar refractivity (Wildman–Crippen MR) is 85.3 cm³/mol. The van der Waals surface area contributed by atoms with Crippen molar-refractivity contribution >= 4 is 11.4 Å². The van der Waals surface area contributed by atoms with Crippen LogP contribution in [0.5, 0.6) is 0 Å². The molecular weight excluding hydrogens is 276 g/mol. The summed E-state index contributed by atoms with van der Waals surface area (Å²) in [5.41, 5.74) is 3.77. The predicted octanol–water partition coefficient (Wildman–Crippen LogP) is 3.75. The Kier molecular flexibility index (Phi) is 2.38. The minimum Gasteiger partial charge on any atom is -0.370 e. The second-order valence-electron chi connectivity index (χ2n) is 7.00. The first kappa shape index (κ1) is 12.4. The molecule has 0 aromatic heterocycles. The average Bonchev–Trinajstić information content (AvgIpc) is 3.15. The van der Waals surface area contributed by atoms with Gasteiger partial charge in [-0.05, 0) is 36.3 Å². The third-order valence-corrected chi connectivity index (χ3v) is 5.92. The largest absolute Gasteiger partial charge is 0.370 e. The van der Waals surface area contributed by atoms with Crippen LogP contribution < -0.4 is 4.90 Å². The summed E-state index contributed by atoms with van der Waals surface area (Å²) in [5.74, 6) is 1.83.